The van der Waals surface area contributed by atoms with Crippen LogP contribution < -0.4 is 0 Å². The molecule has 2 aliphatic rings. The SMILES string of the molecule is O[C@@H]1CN(C2CCCCC2)CC[C@@H]1Cc1cccc(F)c1. The van der Waals surface area contributed by atoms with Crippen LogP contribution in [0.5, 0.6) is 0 Å². The van der Waals surface area contributed by atoms with Crippen molar-refractivity contribution >= 4 is 0 Å². The summed E-state index contributed by atoms with van der Waals surface area (Å²) in [6, 6.07) is 7.48. The first kappa shape index (κ1) is 15.0. The third-order valence-corrected chi connectivity index (χ3v) is 5.23. The number of benzene rings is 1. The Balaban J connectivity index is 1.55. The number of hydrogen-bond donors (Lipinski definition) is 1. The molecule has 116 valence electrons. The van der Waals surface area contributed by atoms with Crippen molar-refractivity contribution in [2.45, 2.75) is 57.1 Å². The fourth-order valence-electron chi connectivity index (χ4n) is 3.99. The highest BCUT2D eigenvalue weighted by Gasteiger charge is 2.31. The summed E-state index contributed by atoms with van der Waals surface area (Å²) in [5.41, 5.74) is 1.00. The van der Waals surface area contributed by atoms with E-state index in [0.29, 0.717) is 6.04 Å². The molecular weight excluding hydrogens is 265 g/mol. The first-order valence-corrected chi connectivity index (χ1v) is 8.39. The molecule has 3 rings (SSSR count). The molecule has 1 N–H and O–H groups in total. The number of hydrogen-bond acceptors (Lipinski definition) is 2. The second-order valence-electron chi connectivity index (χ2n) is 6.74. The summed E-state index contributed by atoms with van der Waals surface area (Å²) in [5, 5.41) is 10.5. The van der Waals surface area contributed by atoms with Gasteiger partial charge in [0.2, 0.25) is 0 Å². The first-order valence-electron chi connectivity index (χ1n) is 8.39. The third kappa shape index (κ3) is 3.83. The predicted molar refractivity (Wildman–Crippen MR) is 82.7 cm³/mol. The molecule has 1 aliphatic heterocycles. The van der Waals surface area contributed by atoms with E-state index in [1.807, 2.05) is 6.07 Å². The smallest absolute Gasteiger partial charge is 0.123 e. The summed E-state index contributed by atoms with van der Waals surface area (Å²) in [7, 11) is 0. The van der Waals surface area contributed by atoms with Crippen molar-refractivity contribution in [3.8, 4) is 0 Å². The van der Waals surface area contributed by atoms with Gasteiger partial charge in [0.1, 0.15) is 5.82 Å². The molecule has 2 atom stereocenters. The standard InChI is InChI=1S/C18H26FNO/c19-16-6-4-5-14(12-16)11-15-9-10-20(13-18(15)21)17-7-2-1-3-8-17/h4-6,12,15,17-18,21H,1-3,7-11,13H2/t15-,18-/m1/s1. The van der Waals surface area contributed by atoms with Crippen LogP contribution in [0.4, 0.5) is 4.39 Å². The highest BCUT2D eigenvalue weighted by molar-refractivity contribution is 5.17. The maximum atomic E-state index is 13.3. The molecule has 2 fully saturated rings. The van der Waals surface area contributed by atoms with Crippen molar-refractivity contribution < 1.29 is 9.50 Å². The molecule has 1 aliphatic carbocycles. The van der Waals surface area contributed by atoms with Crippen molar-refractivity contribution in [2.24, 2.45) is 5.92 Å². The Morgan fingerprint density at radius 1 is 1.14 bits per heavy atom. The zero-order valence-electron chi connectivity index (χ0n) is 12.7. The Morgan fingerprint density at radius 2 is 1.95 bits per heavy atom. The Bertz CT molecular complexity index is 458. The molecule has 0 amide bonds. The molecule has 0 unspecified atom stereocenters. The maximum absolute atomic E-state index is 13.3. The lowest BCUT2D eigenvalue weighted by molar-refractivity contribution is -0.00327. The van der Waals surface area contributed by atoms with Crippen molar-refractivity contribution in [3.63, 3.8) is 0 Å². The number of aliphatic hydroxyl groups excluding tert-OH is 1. The Labute approximate surface area is 127 Å². The van der Waals surface area contributed by atoms with Gasteiger partial charge >= 0.3 is 0 Å². The highest BCUT2D eigenvalue weighted by Crippen LogP contribution is 2.28. The second-order valence-corrected chi connectivity index (χ2v) is 6.74. The van der Waals surface area contributed by atoms with Crippen molar-refractivity contribution in [3.05, 3.63) is 35.6 Å². The number of nitrogens with zero attached hydrogens (tertiary/aromatic N) is 1. The van der Waals surface area contributed by atoms with Crippen LogP contribution in [0.2, 0.25) is 0 Å². The van der Waals surface area contributed by atoms with Crippen LogP contribution >= 0.6 is 0 Å². The molecule has 0 radical (unpaired) electrons. The van der Waals surface area contributed by atoms with Crippen LogP contribution in [0.3, 0.4) is 0 Å². The monoisotopic (exact) mass is 291 g/mol. The summed E-state index contributed by atoms with van der Waals surface area (Å²) < 4.78 is 13.3. The lowest BCUT2D eigenvalue weighted by Crippen LogP contribution is -2.49. The lowest BCUT2D eigenvalue weighted by atomic mass is 9.85. The van der Waals surface area contributed by atoms with E-state index in [2.05, 4.69) is 4.90 Å². The molecule has 21 heavy (non-hydrogen) atoms. The van der Waals surface area contributed by atoms with Crippen LogP contribution in [-0.4, -0.2) is 35.2 Å². The molecule has 1 saturated carbocycles. The molecule has 1 aromatic rings. The number of aliphatic hydroxyl groups is 1. The molecule has 1 heterocycles. The molecule has 3 heteroatoms. The minimum Gasteiger partial charge on any atom is -0.391 e. The Kier molecular flexibility index (Phi) is 4.91. The van der Waals surface area contributed by atoms with E-state index in [-0.39, 0.29) is 17.8 Å². The van der Waals surface area contributed by atoms with Gasteiger partial charge in [-0.2, -0.15) is 0 Å². The average Bonchev–Trinajstić information content (AvgIpc) is 2.50. The first-order chi connectivity index (χ1) is 10.2. The van der Waals surface area contributed by atoms with E-state index < -0.39 is 0 Å². The minimum absolute atomic E-state index is 0.179. The quantitative estimate of drug-likeness (QED) is 0.923. The van der Waals surface area contributed by atoms with Gasteiger partial charge < -0.3 is 5.11 Å². The fraction of sp³-hybridized carbons (Fsp3) is 0.667. The highest BCUT2D eigenvalue weighted by atomic mass is 19.1. The maximum Gasteiger partial charge on any atom is 0.123 e. The summed E-state index contributed by atoms with van der Waals surface area (Å²) in [5.74, 6) is 0.0910. The van der Waals surface area contributed by atoms with Gasteiger partial charge in [0, 0.05) is 12.6 Å². The van der Waals surface area contributed by atoms with Gasteiger partial charge in [-0.3, -0.25) is 4.90 Å². The Hall–Kier alpha value is -0.930. The van der Waals surface area contributed by atoms with E-state index in [0.717, 1.165) is 31.5 Å². The molecule has 1 saturated heterocycles. The van der Waals surface area contributed by atoms with Gasteiger partial charge in [0.25, 0.3) is 0 Å². The third-order valence-electron chi connectivity index (χ3n) is 5.23. The fourth-order valence-corrected chi connectivity index (χ4v) is 3.99. The number of halogens is 1. The molecular formula is C18H26FNO. The Morgan fingerprint density at radius 3 is 2.67 bits per heavy atom. The van der Waals surface area contributed by atoms with Crippen LogP contribution in [0.25, 0.3) is 0 Å². The van der Waals surface area contributed by atoms with Gasteiger partial charge in [-0.1, -0.05) is 31.4 Å². The van der Waals surface area contributed by atoms with E-state index in [1.165, 1.54) is 38.2 Å². The topological polar surface area (TPSA) is 23.5 Å². The van der Waals surface area contributed by atoms with Crippen LogP contribution in [0, 0.1) is 11.7 Å². The molecule has 1 aromatic carbocycles. The number of rotatable bonds is 3. The van der Waals surface area contributed by atoms with E-state index in [4.69, 9.17) is 0 Å². The molecule has 2 nitrogen and oxygen atoms in total. The van der Waals surface area contributed by atoms with Gasteiger partial charge in [-0.05, 0) is 55.8 Å². The van der Waals surface area contributed by atoms with E-state index in [9.17, 15) is 9.50 Å². The molecule has 0 spiro atoms. The summed E-state index contributed by atoms with van der Waals surface area (Å²) in [6.07, 6.45) is 8.17. The summed E-state index contributed by atoms with van der Waals surface area (Å²) in [4.78, 5) is 2.49. The van der Waals surface area contributed by atoms with Gasteiger partial charge in [0.15, 0.2) is 0 Å². The number of likely N-dealkylation sites (tertiary alicyclic amines) is 1. The predicted octanol–water partition coefficient (Wildman–Crippen LogP) is 3.38. The lowest BCUT2D eigenvalue weighted by Gasteiger charge is -2.41. The van der Waals surface area contributed by atoms with E-state index >= 15 is 0 Å². The number of piperidine rings is 1. The van der Waals surface area contributed by atoms with Crippen LogP contribution in [-0.2, 0) is 6.42 Å². The normalized spacial score (nSPS) is 28.7. The molecule has 0 bridgehead atoms. The minimum atomic E-state index is -0.274. The summed E-state index contributed by atoms with van der Waals surface area (Å²) in [6.45, 7) is 1.88. The van der Waals surface area contributed by atoms with Crippen molar-refractivity contribution in [1.29, 1.82) is 0 Å². The van der Waals surface area contributed by atoms with Crippen molar-refractivity contribution in [2.75, 3.05) is 13.1 Å². The summed E-state index contributed by atoms with van der Waals surface area (Å²) >= 11 is 0. The average molecular weight is 291 g/mol. The van der Waals surface area contributed by atoms with Crippen LogP contribution in [0.15, 0.2) is 24.3 Å². The largest absolute Gasteiger partial charge is 0.391 e. The van der Waals surface area contributed by atoms with Gasteiger partial charge in [-0.25, -0.2) is 4.39 Å². The van der Waals surface area contributed by atoms with Gasteiger partial charge in [0.05, 0.1) is 6.10 Å². The van der Waals surface area contributed by atoms with E-state index in [1.54, 1.807) is 12.1 Å². The van der Waals surface area contributed by atoms with Crippen molar-refractivity contribution in [1.82, 2.24) is 4.90 Å². The molecule has 0 aromatic heterocycles. The second kappa shape index (κ2) is 6.89. The zero-order valence-corrected chi connectivity index (χ0v) is 12.7. The van der Waals surface area contributed by atoms with Gasteiger partial charge in [-0.15, -0.1) is 0 Å². The van der Waals surface area contributed by atoms with Crippen LogP contribution in [0.1, 0.15) is 44.1 Å². The number of β-amino-alcohol motifs (C(OH)–C–C–N with tert-alkyl or cyclic N) is 1. The zero-order chi connectivity index (χ0) is 14.7.